The van der Waals surface area contributed by atoms with Gasteiger partial charge in [-0.25, -0.2) is 0 Å². The number of ether oxygens (including phenoxy) is 1. The van der Waals surface area contributed by atoms with Crippen LogP contribution in [0.1, 0.15) is 62.4 Å². The molecule has 12 N–H and O–H groups in total. The molecule has 0 unspecified atom stereocenters. The predicted octanol–water partition coefficient (Wildman–Crippen LogP) is -3.93. The minimum atomic E-state index is -2.17. The van der Waals surface area contributed by atoms with Gasteiger partial charge in [-0.05, 0) is 66.4 Å². The molecule has 32 heteroatoms. The molecule has 4 aromatic carbocycles. The summed E-state index contributed by atoms with van der Waals surface area (Å²) in [5.41, 5.74) is 3.47. The molecule has 0 aliphatic carbocycles. The fourth-order valence-electron chi connectivity index (χ4n) is 10.5. The van der Waals surface area contributed by atoms with Crippen molar-refractivity contribution in [2.24, 2.45) is 5.92 Å². The average molecular weight is 1310 g/mol. The zero-order chi connectivity index (χ0) is 64.9. The van der Waals surface area contributed by atoms with Crippen LogP contribution in [0.15, 0.2) is 91.0 Å². The second kappa shape index (κ2) is 32.8. The van der Waals surface area contributed by atoms with Gasteiger partial charge < -0.3 is 86.3 Å². The number of phenolic OH excluding ortho intramolecular Hbond substituents is 1. The zero-order valence-corrected chi connectivity index (χ0v) is 53.2. The Kier molecular flexibility index (Phi) is 25.6. The Morgan fingerprint density at radius 2 is 1.38 bits per heavy atom. The number of amides is 7. The molecule has 29 nitrogen and oxygen atoms in total. The Morgan fingerprint density at radius 3 is 2.01 bits per heavy atom. The van der Waals surface area contributed by atoms with Gasteiger partial charge in [0.25, 0.3) is 18.2 Å². The summed E-state index contributed by atoms with van der Waals surface area (Å²) in [4.78, 5) is 103. The van der Waals surface area contributed by atoms with E-state index in [-0.39, 0.29) is 65.3 Å². The number of nitrogens with one attached hydrogen (secondary N) is 5. The number of carbonyl (C=O) groups excluding carboxylic acids is 7. The van der Waals surface area contributed by atoms with Crippen LogP contribution in [0.3, 0.4) is 0 Å². The fraction of sp³-hybridized carbons (Fsp3) is 0.424. The first-order valence-corrected chi connectivity index (χ1v) is 30.0. The smallest absolute Gasteiger partial charge is 0.691 e. The van der Waals surface area contributed by atoms with Gasteiger partial charge in [0.15, 0.2) is 11.5 Å². The van der Waals surface area contributed by atoms with E-state index in [0.717, 1.165) is 57.7 Å². The number of nitrogens with zero attached hydrogens (tertiary/aromatic N) is 5. The van der Waals surface area contributed by atoms with Crippen LogP contribution >= 0.6 is 23.7 Å². The molecular weight excluding hydrogens is 1240 g/mol. The first-order valence-electron chi connectivity index (χ1n) is 28.5. The third-order valence-corrected chi connectivity index (χ3v) is 16.7. The number of aromatic nitrogens is 2. The maximum atomic E-state index is 14.6. The van der Waals surface area contributed by atoms with Gasteiger partial charge in [0.05, 0.1) is 55.7 Å². The molecule has 8 rings (SSSR count). The molecule has 0 saturated carbocycles. The number of phenols is 1. The summed E-state index contributed by atoms with van der Waals surface area (Å²) in [5.74, 6) is -8.99. The Balaban J connectivity index is 0.0000118. The van der Waals surface area contributed by atoms with Gasteiger partial charge in [0.2, 0.25) is 35.4 Å². The molecule has 0 spiro atoms. The van der Waals surface area contributed by atoms with Crippen LogP contribution < -0.4 is 70.3 Å². The normalized spacial score (nSPS) is 24.5. The molecule has 5 aromatic rings. The Morgan fingerprint density at radius 1 is 0.780 bits per heavy atom. The number of aromatic hydroxyl groups is 1. The molecule has 3 aliphatic rings. The third-order valence-electron chi connectivity index (χ3n) is 15.3. The van der Waals surface area contributed by atoms with E-state index in [2.05, 4.69) is 46.2 Å². The molecule has 4 heterocycles. The van der Waals surface area contributed by atoms with Gasteiger partial charge in [-0.1, -0.05) is 79.8 Å². The van der Waals surface area contributed by atoms with Crippen molar-refractivity contribution in [2.75, 3.05) is 26.2 Å². The quantitative estimate of drug-likeness (QED) is 0.0131. The van der Waals surface area contributed by atoms with Crippen molar-refractivity contribution in [3.05, 3.63) is 102 Å². The number of carbonyl (C=O) groups is 7. The van der Waals surface area contributed by atoms with Crippen molar-refractivity contribution in [2.45, 2.75) is 126 Å². The molecule has 7 amide bonds. The number of hydrogen-bond acceptors (Lipinski definition) is 24. The summed E-state index contributed by atoms with van der Waals surface area (Å²) in [6, 6.07) is 15.3. The molecule has 480 valence electrons. The molecule has 3 aliphatic heterocycles. The average Bonchev–Trinajstić information content (AvgIpc) is 1.99. The standard InChI is InChI=1S/C59H68N10O19S2.Na/c1-4-21-85-39-16-14-33(15-17-39)32-6-10-35(11-7-32)56-66-67-57(89-56)36-12-8-34(9-13-36)51(77)62-40-24-37(71)26-61-55(81)49-50(76)29(2)27-69(49)59(83)48(43(74)19-20-60)65-54(80)47(44(75)22-31-5-18-42(73)45(23-31)86-90-88-87-84)64-53(79)41-25-38(72)28-68(41)58(82)46(30(3)70)63-52(40)78;/h5-18,23,29-30,37-38,40-41,43-44,46-50,70-76,84H,4,19,21-22,24-28H2,1-3H3,(H,61,81)(H,62,77)(H,63,78)(H,64,79)(H,65,80);/q;+1/p-1/t29-,30+,37+,38+,40+,41+,43-,44-,46+,47+,48+,49+,50+;/m1./s1. The molecule has 3 fully saturated rings. The van der Waals surface area contributed by atoms with Crippen molar-refractivity contribution < 1.29 is 122 Å². The second-order valence-corrected chi connectivity index (χ2v) is 23.3. The maximum absolute atomic E-state index is 14.6. The van der Waals surface area contributed by atoms with Gasteiger partial charge in [0, 0.05) is 61.5 Å². The van der Waals surface area contributed by atoms with E-state index in [1.165, 1.54) is 36.5 Å². The first-order chi connectivity index (χ1) is 43.1. The van der Waals surface area contributed by atoms with Crippen molar-refractivity contribution in [3.8, 4) is 55.6 Å². The van der Waals surface area contributed by atoms with Crippen LogP contribution in [0.25, 0.3) is 32.3 Å². The van der Waals surface area contributed by atoms with Crippen LogP contribution in [0.2, 0.25) is 0 Å². The summed E-state index contributed by atoms with van der Waals surface area (Å²) < 4.78 is 14.9. The van der Waals surface area contributed by atoms with E-state index in [1.807, 2.05) is 55.5 Å². The van der Waals surface area contributed by atoms with Gasteiger partial charge >= 0.3 is 29.6 Å². The van der Waals surface area contributed by atoms with Crippen LogP contribution in [-0.2, 0) is 44.6 Å². The second-order valence-electron chi connectivity index (χ2n) is 21.9. The molecule has 13 atom stereocenters. The maximum Gasteiger partial charge on any atom is 1.00 e. The Labute approximate surface area is 551 Å². The van der Waals surface area contributed by atoms with Crippen LogP contribution in [0, 0.1) is 17.2 Å². The number of hydrogen-bond donors (Lipinski definition) is 12. The number of aliphatic hydroxyl groups is 6. The summed E-state index contributed by atoms with van der Waals surface area (Å²) in [5, 5.41) is 124. The van der Waals surface area contributed by atoms with Crippen molar-refractivity contribution in [1.29, 1.82) is 5.26 Å². The van der Waals surface area contributed by atoms with Crippen LogP contribution in [0.5, 0.6) is 17.2 Å². The molecule has 1 aromatic heterocycles. The van der Waals surface area contributed by atoms with Crippen molar-refractivity contribution in [3.63, 3.8) is 0 Å². The van der Waals surface area contributed by atoms with Crippen LogP contribution in [0.4, 0.5) is 0 Å². The van der Waals surface area contributed by atoms with E-state index < -0.39 is 165 Å². The van der Waals surface area contributed by atoms with Crippen molar-refractivity contribution >= 4 is 65.0 Å². The molecule has 0 radical (unpaired) electrons. The summed E-state index contributed by atoms with van der Waals surface area (Å²) >= 11 is 1.30. The number of rotatable bonds is 18. The van der Waals surface area contributed by atoms with Gasteiger partial charge in [-0.3, -0.25) is 38.6 Å². The molecular formula is C59H67N10NaO19S2. The number of nitriles is 1. The number of benzene rings is 4. The minimum absolute atomic E-state index is 0. The minimum Gasteiger partial charge on any atom is -0.691 e. The summed E-state index contributed by atoms with van der Waals surface area (Å²) in [7, 11) is 0. The monoisotopic (exact) mass is 1310 g/mol. The van der Waals surface area contributed by atoms with Gasteiger partial charge in [-0.2, -0.15) is 5.26 Å². The van der Waals surface area contributed by atoms with E-state index in [0.29, 0.717) is 22.2 Å². The topological polar surface area (TPSA) is 437 Å². The number of fused-ring (bicyclic) bond motifs is 2. The Hall–Kier alpha value is -7.39. The van der Waals surface area contributed by atoms with Crippen LogP contribution in [-0.4, -0.2) is 196 Å². The van der Waals surface area contributed by atoms with E-state index >= 15 is 0 Å². The van der Waals surface area contributed by atoms with E-state index in [9.17, 15) is 79.8 Å². The molecule has 0 bridgehead atoms. The van der Waals surface area contributed by atoms with Crippen molar-refractivity contribution in [1.82, 2.24) is 46.6 Å². The SMILES string of the molecule is CCCOc1ccc(-c2ccc(-c3nnc(-c4ccc(C(=O)N[C@H]5C[C@H](O)CNC(=O)[C@@H]6[C@@H](O)[C@H](C)CN6C(=O)[C@H]([C@H](O)CC#N)NC(=O)[C@H]([C@H](O)Cc6ccc(O)c(OSOO[O-])c6)NC(=O)[C@@H]6C[C@H](O)CN6C(=O)[C@H]([C@H](C)O)NC5=O)cc4)s3)cc2)cc1.[Na+]. The van der Waals surface area contributed by atoms with E-state index in [4.69, 9.17) is 8.92 Å². The first kappa shape index (κ1) is 71.1. The van der Waals surface area contributed by atoms with Gasteiger partial charge in [0.1, 0.15) is 52.0 Å². The largest absolute Gasteiger partial charge is 1.00 e. The van der Waals surface area contributed by atoms with E-state index in [1.54, 1.807) is 18.2 Å². The Bertz CT molecular complexity index is 3400. The predicted molar refractivity (Wildman–Crippen MR) is 316 cm³/mol. The summed E-state index contributed by atoms with van der Waals surface area (Å²) in [6.07, 6.45) is -12.3. The number of aliphatic hydroxyl groups excluding tert-OH is 6. The summed E-state index contributed by atoms with van der Waals surface area (Å²) in [6.45, 7) is 3.60. The zero-order valence-electron chi connectivity index (χ0n) is 49.6. The fourth-order valence-corrected chi connectivity index (χ4v) is 11.6. The number of β-amino-alcohol motifs (C(OH)–C–C–N with tert-alkyl or cyclic N) is 1. The van der Waals surface area contributed by atoms with Gasteiger partial charge in [-0.15, -0.1) is 14.5 Å². The molecule has 3 saturated heterocycles. The molecule has 91 heavy (non-hydrogen) atoms. The third kappa shape index (κ3) is 17.8.